The molecule has 0 fully saturated rings. The summed E-state index contributed by atoms with van der Waals surface area (Å²) < 4.78 is 2.66. The maximum absolute atomic E-state index is 12.8. The minimum Gasteiger partial charge on any atom is -0.318 e. The first-order chi connectivity index (χ1) is 11.0. The largest absolute Gasteiger partial charge is 0.318 e. The third-order valence-electron chi connectivity index (χ3n) is 3.44. The van der Waals surface area contributed by atoms with Gasteiger partial charge in [-0.05, 0) is 53.0 Å². The van der Waals surface area contributed by atoms with E-state index in [9.17, 15) is 4.79 Å². The molecule has 23 heavy (non-hydrogen) atoms. The van der Waals surface area contributed by atoms with Gasteiger partial charge in [-0.2, -0.15) is 0 Å². The lowest BCUT2D eigenvalue weighted by molar-refractivity contribution is 0.102. The topological polar surface area (TPSA) is 59.3 Å². The Morgan fingerprint density at radius 3 is 2.96 bits per heavy atom. The maximum atomic E-state index is 12.8. The number of pyridine rings is 2. The summed E-state index contributed by atoms with van der Waals surface area (Å²) >= 11 is 9.52. The first-order valence-corrected chi connectivity index (χ1v) is 8.27. The minimum absolute atomic E-state index is 0.255. The molecule has 3 rings (SSSR count). The van der Waals surface area contributed by atoms with E-state index in [0.717, 1.165) is 21.4 Å². The van der Waals surface area contributed by atoms with Crippen LogP contribution in [0.4, 0.5) is 5.69 Å². The van der Waals surface area contributed by atoms with Crippen LogP contribution in [0.15, 0.2) is 35.1 Å². The lowest BCUT2D eigenvalue weighted by Crippen LogP contribution is -2.16. The molecule has 0 unspecified atom stereocenters. The van der Waals surface area contributed by atoms with E-state index in [1.165, 1.54) is 0 Å². The highest BCUT2D eigenvalue weighted by Gasteiger charge is 2.20. The molecular formula is C16H14BrClN4O. The second-order valence-corrected chi connectivity index (χ2v) is 6.33. The molecule has 1 N–H and O–H groups in total. The summed E-state index contributed by atoms with van der Waals surface area (Å²) in [6, 6.07) is 5.40. The van der Waals surface area contributed by atoms with Gasteiger partial charge in [0.2, 0.25) is 0 Å². The van der Waals surface area contributed by atoms with Crippen molar-refractivity contribution in [3.05, 3.63) is 57.2 Å². The third kappa shape index (κ3) is 2.96. The summed E-state index contributed by atoms with van der Waals surface area (Å²) in [5, 5.41) is 3.06. The summed E-state index contributed by atoms with van der Waals surface area (Å²) in [5.74, 6) is -0.262. The molecule has 0 bridgehead atoms. The number of aromatic nitrogens is 3. The van der Waals surface area contributed by atoms with Crippen LogP contribution in [0.3, 0.4) is 0 Å². The van der Waals surface area contributed by atoms with Crippen molar-refractivity contribution in [1.29, 1.82) is 0 Å². The number of halogens is 2. The lowest BCUT2D eigenvalue weighted by Gasteiger charge is -2.08. The molecule has 0 aliphatic rings. The van der Waals surface area contributed by atoms with E-state index in [-0.39, 0.29) is 11.1 Å². The number of nitrogens with one attached hydrogen (secondary N) is 1. The minimum atomic E-state index is -0.262. The van der Waals surface area contributed by atoms with Crippen molar-refractivity contribution in [3.63, 3.8) is 0 Å². The van der Waals surface area contributed by atoms with Gasteiger partial charge >= 0.3 is 0 Å². The Hall–Kier alpha value is -1.92. The molecule has 3 aromatic rings. The summed E-state index contributed by atoms with van der Waals surface area (Å²) in [6.07, 6.45) is 4.12. The summed E-state index contributed by atoms with van der Waals surface area (Å²) in [6.45, 7) is 3.94. The Morgan fingerprint density at radius 1 is 1.48 bits per heavy atom. The molecule has 1 amide bonds. The molecule has 0 saturated heterocycles. The highest BCUT2D eigenvalue weighted by molar-refractivity contribution is 9.10. The number of nitrogens with zero attached hydrogens (tertiary/aromatic N) is 3. The van der Waals surface area contributed by atoms with Crippen LogP contribution in [-0.2, 0) is 6.42 Å². The van der Waals surface area contributed by atoms with Crippen LogP contribution in [-0.4, -0.2) is 20.3 Å². The Labute approximate surface area is 146 Å². The molecule has 0 aliphatic carbocycles. The van der Waals surface area contributed by atoms with Gasteiger partial charge in [0.15, 0.2) is 10.8 Å². The highest BCUT2D eigenvalue weighted by atomic mass is 79.9. The van der Waals surface area contributed by atoms with Gasteiger partial charge in [-0.3, -0.25) is 9.20 Å². The van der Waals surface area contributed by atoms with Crippen molar-refractivity contribution >= 4 is 44.8 Å². The Morgan fingerprint density at radius 2 is 2.26 bits per heavy atom. The zero-order chi connectivity index (χ0) is 16.6. The van der Waals surface area contributed by atoms with Gasteiger partial charge in [0.25, 0.3) is 5.91 Å². The first-order valence-electron chi connectivity index (χ1n) is 7.10. The highest BCUT2D eigenvalue weighted by Crippen LogP contribution is 2.24. The lowest BCUT2D eigenvalue weighted by atomic mass is 10.2. The fourth-order valence-electron chi connectivity index (χ4n) is 2.43. The zero-order valence-electron chi connectivity index (χ0n) is 12.6. The number of hydrogen-bond acceptors (Lipinski definition) is 3. The van der Waals surface area contributed by atoms with Gasteiger partial charge in [0, 0.05) is 12.4 Å². The summed E-state index contributed by atoms with van der Waals surface area (Å²) in [4.78, 5) is 21.3. The summed E-state index contributed by atoms with van der Waals surface area (Å²) in [7, 11) is 0. The van der Waals surface area contributed by atoms with Crippen molar-refractivity contribution in [2.24, 2.45) is 0 Å². The molecule has 0 aliphatic heterocycles. The van der Waals surface area contributed by atoms with Crippen LogP contribution in [0.5, 0.6) is 0 Å². The summed E-state index contributed by atoms with van der Waals surface area (Å²) in [5.41, 5.74) is 3.45. The quantitative estimate of drug-likeness (QED) is 0.676. The van der Waals surface area contributed by atoms with E-state index in [1.807, 2.05) is 26.1 Å². The van der Waals surface area contributed by atoms with Crippen molar-refractivity contribution in [2.75, 3.05) is 5.32 Å². The molecule has 0 spiro atoms. The van der Waals surface area contributed by atoms with Gasteiger partial charge in [0.1, 0.15) is 5.69 Å². The maximum Gasteiger partial charge on any atom is 0.274 e. The second kappa shape index (κ2) is 6.29. The van der Waals surface area contributed by atoms with Crippen molar-refractivity contribution in [1.82, 2.24) is 14.4 Å². The Balaban J connectivity index is 2.11. The van der Waals surface area contributed by atoms with Crippen LogP contribution in [0.1, 0.15) is 28.7 Å². The van der Waals surface area contributed by atoms with Gasteiger partial charge in [-0.15, -0.1) is 0 Å². The number of hydrogen-bond donors (Lipinski definition) is 1. The average molecular weight is 394 g/mol. The fraction of sp³-hybridized carbons (Fsp3) is 0.188. The second-order valence-electron chi connectivity index (χ2n) is 5.12. The Kier molecular flexibility index (Phi) is 4.37. The number of fused-ring (bicyclic) bond motifs is 1. The number of amides is 1. The molecule has 5 nitrogen and oxygen atoms in total. The molecular weight excluding hydrogens is 380 g/mol. The normalized spacial score (nSPS) is 11.0. The van der Waals surface area contributed by atoms with Crippen molar-refractivity contribution in [3.8, 4) is 0 Å². The van der Waals surface area contributed by atoms with E-state index in [4.69, 9.17) is 11.6 Å². The molecule has 118 valence electrons. The molecule has 0 saturated carbocycles. The number of aryl methyl sites for hydroxylation is 2. The molecule has 7 heteroatoms. The smallest absolute Gasteiger partial charge is 0.274 e. The number of rotatable bonds is 3. The van der Waals surface area contributed by atoms with E-state index in [1.54, 1.807) is 22.7 Å². The fourth-order valence-corrected chi connectivity index (χ4v) is 3.23. The zero-order valence-corrected chi connectivity index (χ0v) is 14.9. The monoisotopic (exact) mass is 392 g/mol. The molecule has 0 radical (unpaired) electrons. The molecule has 3 heterocycles. The number of anilines is 1. The molecule has 0 atom stereocenters. The Bertz CT molecular complexity index is 906. The van der Waals surface area contributed by atoms with Crippen LogP contribution < -0.4 is 5.32 Å². The van der Waals surface area contributed by atoms with Gasteiger partial charge in [0.05, 0.1) is 15.9 Å². The van der Waals surface area contributed by atoms with Crippen LogP contribution >= 0.6 is 27.5 Å². The molecule has 3 aromatic heterocycles. The van der Waals surface area contributed by atoms with Crippen molar-refractivity contribution in [2.45, 2.75) is 20.3 Å². The van der Waals surface area contributed by atoms with Crippen LogP contribution in [0, 0.1) is 6.92 Å². The first kappa shape index (κ1) is 16.0. The van der Waals surface area contributed by atoms with Gasteiger partial charge in [-0.25, -0.2) is 9.97 Å². The van der Waals surface area contributed by atoms with E-state index < -0.39 is 0 Å². The molecule has 0 aromatic carbocycles. The number of carbonyl (C=O) groups is 1. The number of imidazole rings is 1. The van der Waals surface area contributed by atoms with Crippen LogP contribution in [0.2, 0.25) is 5.15 Å². The predicted molar refractivity (Wildman–Crippen MR) is 94.2 cm³/mol. The predicted octanol–water partition coefficient (Wildman–Crippen LogP) is 4.27. The van der Waals surface area contributed by atoms with Gasteiger partial charge < -0.3 is 5.32 Å². The average Bonchev–Trinajstić information content (AvgIpc) is 2.88. The van der Waals surface area contributed by atoms with E-state index >= 15 is 0 Å². The van der Waals surface area contributed by atoms with E-state index in [2.05, 4.69) is 31.2 Å². The SMILES string of the molecule is CCc1nc2c(Br)cc(C)cn2c1C(=O)Nc1cccnc1Cl. The van der Waals surface area contributed by atoms with Crippen molar-refractivity contribution < 1.29 is 4.79 Å². The number of carbonyl (C=O) groups excluding carboxylic acids is 1. The standard InChI is InChI=1S/C16H14BrClN4O/c1-3-11-13(16(23)21-12-5-4-6-19-14(12)18)22-8-9(2)7-10(17)15(22)20-11/h4-8H,3H2,1-2H3,(H,21,23). The third-order valence-corrected chi connectivity index (χ3v) is 4.33. The van der Waals surface area contributed by atoms with Gasteiger partial charge in [-0.1, -0.05) is 18.5 Å². The van der Waals surface area contributed by atoms with Crippen LogP contribution in [0.25, 0.3) is 5.65 Å². The van der Waals surface area contributed by atoms with E-state index in [0.29, 0.717) is 17.8 Å².